The molecule has 10 heteroatoms. The van der Waals surface area contributed by atoms with Crippen molar-refractivity contribution in [3.63, 3.8) is 0 Å². The zero-order chi connectivity index (χ0) is 35.0. The summed E-state index contributed by atoms with van der Waals surface area (Å²) in [6.07, 6.45) is 0.859. The molecule has 1 saturated heterocycles. The Kier molecular flexibility index (Phi) is 11.5. The summed E-state index contributed by atoms with van der Waals surface area (Å²) < 4.78 is 24.3. The van der Waals surface area contributed by atoms with Crippen LogP contribution in [0.5, 0.6) is 11.5 Å². The second-order valence-corrected chi connectivity index (χ2v) is 12.9. The number of urea groups is 1. The van der Waals surface area contributed by atoms with Crippen molar-refractivity contribution in [1.82, 2.24) is 10.2 Å². The summed E-state index contributed by atoms with van der Waals surface area (Å²) in [7, 11) is 3.31. The molecule has 2 aliphatic rings. The molecule has 4 unspecified atom stereocenters. The van der Waals surface area contributed by atoms with Crippen molar-refractivity contribution >= 4 is 17.5 Å². The summed E-state index contributed by atoms with van der Waals surface area (Å²) in [6, 6.07) is 27.8. The molecule has 2 aliphatic heterocycles. The number of anilines is 1. The summed E-state index contributed by atoms with van der Waals surface area (Å²) in [5.74, 6) is 1.34. The molecule has 4 aromatic carbocycles. The molecule has 1 fully saturated rings. The highest BCUT2D eigenvalue weighted by Gasteiger charge is 2.34. The number of nitrogens with zero attached hydrogens (tertiary/aromatic N) is 1. The van der Waals surface area contributed by atoms with E-state index in [1.54, 1.807) is 20.3 Å². The monoisotopic (exact) mass is 679 g/mol. The summed E-state index contributed by atoms with van der Waals surface area (Å²) in [4.78, 5) is 27.8. The average Bonchev–Trinajstić information content (AvgIpc) is 3.14. The van der Waals surface area contributed by atoms with E-state index < -0.39 is 18.4 Å². The van der Waals surface area contributed by atoms with E-state index >= 15 is 0 Å². The van der Waals surface area contributed by atoms with Crippen molar-refractivity contribution in [2.24, 2.45) is 0 Å². The number of aliphatic hydroxyl groups excluding tert-OH is 1. The van der Waals surface area contributed by atoms with Gasteiger partial charge in [-0.1, -0.05) is 66.7 Å². The number of rotatable bonds is 12. The fraction of sp³-hybridized carbons (Fsp3) is 0.350. The smallest absolute Gasteiger partial charge is 0.319 e. The van der Waals surface area contributed by atoms with E-state index in [-0.39, 0.29) is 24.6 Å². The SMILES string of the molecule is COc1cc2c(cc1OC)CN(CC1CC(c3ccc(CO)cc3)OC(c3cccc(NC(=O)NC(Cc4ccccc4)C(C)=O)c3)O1)CC2. The van der Waals surface area contributed by atoms with Crippen LogP contribution < -0.4 is 20.1 Å². The van der Waals surface area contributed by atoms with Gasteiger partial charge in [-0.3, -0.25) is 9.69 Å². The number of ether oxygens (including phenoxy) is 4. The molecule has 3 N–H and O–H groups in total. The van der Waals surface area contributed by atoms with E-state index in [9.17, 15) is 14.7 Å². The van der Waals surface area contributed by atoms with E-state index in [1.807, 2.05) is 72.8 Å². The summed E-state index contributed by atoms with van der Waals surface area (Å²) >= 11 is 0. The highest BCUT2D eigenvalue weighted by molar-refractivity contribution is 5.93. The van der Waals surface area contributed by atoms with Crippen LogP contribution in [0.3, 0.4) is 0 Å². The number of Topliss-reactive ketones (excluding diaryl/α,β-unsaturated/α-hetero) is 1. The molecule has 6 rings (SSSR count). The highest BCUT2D eigenvalue weighted by atomic mass is 16.7. The lowest BCUT2D eigenvalue weighted by molar-refractivity contribution is -0.253. The molecule has 0 aromatic heterocycles. The van der Waals surface area contributed by atoms with E-state index in [1.165, 1.54) is 18.1 Å². The quantitative estimate of drug-likeness (QED) is 0.164. The maximum atomic E-state index is 13.1. The average molecular weight is 680 g/mol. The van der Waals surface area contributed by atoms with Gasteiger partial charge in [-0.25, -0.2) is 4.79 Å². The summed E-state index contributed by atoms with van der Waals surface area (Å²) in [5.41, 5.74) is 6.58. The van der Waals surface area contributed by atoms with Gasteiger partial charge in [0.2, 0.25) is 0 Å². The van der Waals surface area contributed by atoms with Gasteiger partial charge in [0, 0.05) is 37.3 Å². The Hall–Kier alpha value is -4.74. The van der Waals surface area contributed by atoms with Crippen LogP contribution in [-0.4, -0.2) is 61.3 Å². The van der Waals surface area contributed by atoms with Crippen LogP contribution in [0, 0.1) is 0 Å². The van der Waals surface area contributed by atoms with Crippen molar-refractivity contribution in [1.29, 1.82) is 0 Å². The number of carbonyl (C=O) groups is 2. The van der Waals surface area contributed by atoms with Crippen LogP contribution in [0.1, 0.15) is 59.1 Å². The van der Waals surface area contributed by atoms with Gasteiger partial charge in [-0.15, -0.1) is 0 Å². The molecule has 4 aromatic rings. The fourth-order valence-electron chi connectivity index (χ4n) is 6.65. The predicted molar refractivity (Wildman–Crippen MR) is 190 cm³/mol. The number of hydrogen-bond donors (Lipinski definition) is 3. The number of carbonyl (C=O) groups excluding carboxylic acids is 2. The Morgan fingerprint density at radius 2 is 1.62 bits per heavy atom. The number of nitrogens with one attached hydrogen (secondary N) is 2. The maximum Gasteiger partial charge on any atom is 0.319 e. The Bertz CT molecular complexity index is 1760. The molecule has 10 nitrogen and oxygen atoms in total. The van der Waals surface area contributed by atoms with Crippen LogP contribution in [0.15, 0.2) is 91.0 Å². The number of ketones is 1. The minimum atomic E-state index is -0.689. The maximum absolute atomic E-state index is 13.1. The third-order valence-corrected chi connectivity index (χ3v) is 9.37. The molecule has 0 aliphatic carbocycles. The Labute approximate surface area is 293 Å². The van der Waals surface area contributed by atoms with Crippen molar-refractivity contribution in [2.75, 3.05) is 32.6 Å². The van der Waals surface area contributed by atoms with Gasteiger partial charge in [0.05, 0.1) is 39.1 Å². The normalized spacial score (nSPS) is 19.6. The molecule has 0 saturated carbocycles. The number of amides is 2. The van der Waals surface area contributed by atoms with Crippen molar-refractivity contribution in [3.05, 3.63) is 124 Å². The van der Waals surface area contributed by atoms with Gasteiger partial charge < -0.3 is 34.7 Å². The van der Waals surface area contributed by atoms with Gasteiger partial charge in [-0.2, -0.15) is 0 Å². The minimum Gasteiger partial charge on any atom is -0.493 e. The molecule has 262 valence electrons. The van der Waals surface area contributed by atoms with Crippen molar-refractivity contribution in [3.8, 4) is 11.5 Å². The number of fused-ring (bicyclic) bond motifs is 1. The molecule has 4 atom stereocenters. The number of methoxy groups -OCH3 is 2. The Morgan fingerprint density at radius 3 is 2.32 bits per heavy atom. The van der Waals surface area contributed by atoms with Crippen LogP contribution in [0.25, 0.3) is 0 Å². The first kappa shape index (κ1) is 35.1. The summed E-state index contributed by atoms with van der Waals surface area (Å²) in [5, 5.41) is 15.3. The van der Waals surface area contributed by atoms with Crippen LogP contribution >= 0.6 is 0 Å². The first-order valence-electron chi connectivity index (χ1n) is 17.0. The largest absolute Gasteiger partial charge is 0.493 e. The van der Waals surface area contributed by atoms with Gasteiger partial charge in [0.1, 0.15) is 0 Å². The fourth-order valence-corrected chi connectivity index (χ4v) is 6.65. The minimum absolute atomic E-state index is 0.0277. The third-order valence-electron chi connectivity index (χ3n) is 9.37. The van der Waals surface area contributed by atoms with Crippen LogP contribution in [0.4, 0.5) is 10.5 Å². The lowest BCUT2D eigenvalue weighted by Crippen LogP contribution is -2.43. The molecule has 2 amide bonds. The second-order valence-electron chi connectivity index (χ2n) is 12.9. The van der Waals surface area contributed by atoms with E-state index in [4.69, 9.17) is 18.9 Å². The molecule has 0 bridgehead atoms. The van der Waals surface area contributed by atoms with E-state index in [0.717, 1.165) is 53.3 Å². The van der Waals surface area contributed by atoms with Gasteiger partial charge in [-0.05, 0) is 71.8 Å². The summed E-state index contributed by atoms with van der Waals surface area (Å²) in [6.45, 7) is 3.79. The lowest BCUT2D eigenvalue weighted by atomic mass is 9.97. The van der Waals surface area contributed by atoms with Gasteiger partial charge >= 0.3 is 6.03 Å². The third kappa shape index (κ3) is 8.70. The second kappa shape index (κ2) is 16.3. The van der Waals surface area contributed by atoms with E-state index in [0.29, 0.717) is 25.1 Å². The molecular formula is C40H45N3O7. The van der Waals surface area contributed by atoms with Crippen LogP contribution in [-0.2, 0) is 40.3 Å². The topological polar surface area (TPSA) is 119 Å². The number of hydrogen-bond acceptors (Lipinski definition) is 8. The molecule has 50 heavy (non-hydrogen) atoms. The molecule has 0 radical (unpaired) electrons. The lowest BCUT2D eigenvalue weighted by Gasteiger charge is -2.39. The van der Waals surface area contributed by atoms with E-state index in [2.05, 4.69) is 27.7 Å². The standard InChI is InChI=1S/C40H45N3O7/c1-26(45)35(18-27-8-5-4-6-9-27)42-40(46)41-33-11-7-10-31(19-33)39-49-34(22-36(50-39)29-14-12-28(25-44)13-15-29)24-43-17-16-30-20-37(47-2)38(48-3)21-32(30)23-43/h4-15,19-21,34-36,39,44H,16-18,22-25H2,1-3H3,(H2,41,42,46). The Balaban J connectivity index is 1.17. The highest BCUT2D eigenvalue weighted by Crippen LogP contribution is 2.39. The Morgan fingerprint density at radius 1 is 0.880 bits per heavy atom. The zero-order valence-electron chi connectivity index (χ0n) is 28.8. The predicted octanol–water partition coefficient (Wildman–Crippen LogP) is 6.12. The molecule has 0 spiro atoms. The first-order chi connectivity index (χ1) is 24.3. The molecular weight excluding hydrogens is 634 g/mol. The van der Waals surface area contributed by atoms with Crippen molar-refractivity contribution in [2.45, 2.75) is 63.9 Å². The van der Waals surface area contributed by atoms with Gasteiger partial charge in [0.25, 0.3) is 0 Å². The van der Waals surface area contributed by atoms with Crippen LogP contribution in [0.2, 0.25) is 0 Å². The zero-order valence-corrected chi connectivity index (χ0v) is 28.8. The molecule has 2 heterocycles. The van der Waals surface area contributed by atoms with Gasteiger partial charge in [0.15, 0.2) is 23.6 Å². The number of aliphatic hydroxyl groups is 1. The van der Waals surface area contributed by atoms with Crippen molar-refractivity contribution < 1.29 is 33.6 Å². The first-order valence-corrected chi connectivity index (χ1v) is 17.0. The number of benzene rings is 4.